The Bertz CT molecular complexity index is 331. The van der Waals surface area contributed by atoms with E-state index in [1.165, 1.54) is 12.1 Å². The van der Waals surface area contributed by atoms with Gasteiger partial charge in [-0.3, -0.25) is 0 Å². The number of likely N-dealkylation sites (N-methyl/N-ethyl adjacent to an activating group) is 1. The number of nitrogens with zero attached hydrogens (tertiary/aromatic N) is 1. The SMILES string of the molecule is CCN(CCO)c1ccc(F)cc1CNC. The molecule has 16 heavy (non-hydrogen) atoms. The second-order valence-electron chi connectivity index (χ2n) is 3.61. The van der Waals surface area contributed by atoms with Crippen LogP contribution in [0.2, 0.25) is 0 Å². The maximum Gasteiger partial charge on any atom is 0.123 e. The van der Waals surface area contributed by atoms with Crippen molar-refractivity contribution < 1.29 is 9.50 Å². The largest absolute Gasteiger partial charge is 0.395 e. The van der Waals surface area contributed by atoms with E-state index >= 15 is 0 Å². The molecule has 0 saturated heterocycles. The van der Waals surface area contributed by atoms with E-state index in [0.29, 0.717) is 13.1 Å². The topological polar surface area (TPSA) is 35.5 Å². The Morgan fingerprint density at radius 1 is 1.44 bits per heavy atom. The minimum atomic E-state index is -0.228. The molecule has 3 nitrogen and oxygen atoms in total. The van der Waals surface area contributed by atoms with Crippen LogP contribution < -0.4 is 10.2 Å². The second-order valence-corrected chi connectivity index (χ2v) is 3.61. The molecule has 0 unspecified atom stereocenters. The van der Waals surface area contributed by atoms with Gasteiger partial charge in [-0.25, -0.2) is 4.39 Å². The summed E-state index contributed by atoms with van der Waals surface area (Å²) in [6.45, 7) is 4.10. The molecule has 0 aliphatic carbocycles. The molecule has 0 bridgehead atoms. The van der Waals surface area contributed by atoms with E-state index in [0.717, 1.165) is 17.8 Å². The third-order valence-corrected chi connectivity index (χ3v) is 2.50. The van der Waals surface area contributed by atoms with Crippen molar-refractivity contribution in [1.29, 1.82) is 0 Å². The Morgan fingerprint density at radius 3 is 2.75 bits per heavy atom. The Kier molecular flexibility index (Phi) is 5.22. The molecular weight excluding hydrogens is 207 g/mol. The van der Waals surface area contributed by atoms with Crippen molar-refractivity contribution in [2.24, 2.45) is 0 Å². The van der Waals surface area contributed by atoms with Crippen molar-refractivity contribution in [2.45, 2.75) is 13.5 Å². The number of aliphatic hydroxyl groups excluding tert-OH is 1. The number of nitrogens with one attached hydrogen (secondary N) is 1. The molecule has 0 radical (unpaired) electrons. The third kappa shape index (κ3) is 3.18. The Labute approximate surface area is 95.9 Å². The summed E-state index contributed by atoms with van der Waals surface area (Å²) in [5, 5.41) is 12.0. The molecule has 90 valence electrons. The normalized spacial score (nSPS) is 10.5. The molecule has 0 aromatic heterocycles. The quantitative estimate of drug-likeness (QED) is 0.769. The predicted molar refractivity (Wildman–Crippen MR) is 64.1 cm³/mol. The molecule has 0 amide bonds. The zero-order valence-corrected chi connectivity index (χ0v) is 9.83. The van der Waals surface area contributed by atoms with Crippen molar-refractivity contribution in [2.75, 3.05) is 31.6 Å². The molecule has 2 N–H and O–H groups in total. The van der Waals surface area contributed by atoms with Crippen LogP contribution in [0.1, 0.15) is 12.5 Å². The summed E-state index contributed by atoms with van der Waals surface area (Å²) in [5.74, 6) is -0.228. The lowest BCUT2D eigenvalue weighted by molar-refractivity contribution is 0.302. The molecule has 4 heteroatoms. The molecule has 0 saturated carbocycles. The van der Waals surface area contributed by atoms with Gasteiger partial charge in [0, 0.05) is 25.3 Å². The average molecular weight is 226 g/mol. The summed E-state index contributed by atoms with van der Waals surface area (Å²) < 4.78 is 13.1. The number of anilines is 1. The Morgan fingerprint density at radius 2 is 2.19 bits per heavy atom. The molecule has 1 rings (SSSR count). The summed E-state index contributed by atoms with van der Waals surface area (Å²) in [6, 6.07) is 4.75. The van der Waals surface area contributed by atoms with Crippen LogP contribution in [-0.2, 0) is 6.54 Å². The number of aliphatic hydroxyl groups is 1. The summed E-state index contributed by atoms with van der Waals surface area (Å²) >= 11 is 0. The van der Waals surface area contributed by atoms with E-state index < -0.39 is 0 Å². The maximum absolute atomic E-state index is 13.1. The van der Waals surface area contributed by atoms with E-state index in [9.17, 15) is 4.39 Å². The first-order valence-electron chi connectivity index (χ1n) is 5.51. The fourth-order valence-electron chi connectivity index (χ4n) is 1.76. The average Bonchev–Trinajstić information content (AvgIpc) is 2.27. The minimum Gasteiger partial charge on any atom is -0.395 e. The highest BCUT2D eigenvalue weighted by atomic mass is 19.1. The fraction of sp³-hybridized carbons (Fsp3) is 0.500. The van der Waals surface area contributed by atoms with Gasteiger partial charge in [-0.15, -0.1) is 0 Å². The third-order valence-electron chi connectivity index (χ3n) is 2.50. The highest BCUT2D eigenvalue weighted by Crippen LogP contribution is 2.21. The molecule has 0 atom stereocenters. The predicted octanol–water partition coefficient (Wildman–Crippen LogP) is 1.36. The highest BCUT2D eigenvalue weighted by molar-refractivity contribution is 5.53. The van der Waals surface area contributed by atoms with Gasteiger partial charge in [-0.2, -0.15) is 0 Å². The van der Waals surface area contributed by atoms with Crippen molar-refractivity contribution in [1.82, 2.24) is 5.32 Å². The summed E-state index contributed by atoms with van der Waals surface area (Å²) in [4.78, 5) is 2.03. The minimum absolute atomic E-state index is 0.101. The number of rotatable bonds is 6. The Balaban J connectivity index is 2.99. The van der Waals surface area contributed by atoms with Crippen molar-refractivity contribution >= 4 is 5.69 Å². The van der Waals surface area contributed by atoms with E-state index in [1.807, 2.05) is 18.9 Å². The van der Waals surface area contributed by atoms with Crippen LogP contribution in [0, 0.1) is 5.82 Å². The van der Waals surface area contributed by atoms with Crippen LogP contribution in [0.3, 0.4) is 0 Å². The van der Waals surface area contributed by atoms with E-state index in [-0.39, 0.29) is 12.4 Å². The monoisotopic (exact) mass is 226 g/mol. The van der Waals surface area contributed by atoms with Crippen molar-refractivity contribution in [3.8, 4) is 0 Å². The molecule has 0 heterocycles. The number of hydrogen-bond acceptors (Lipinski definition) is 3. The van der Waals surface area contributed by atoms with Crippen LogP contribution in [0.4, 0.5) is 10.1 Å². The van der Waals surface area contributed by atoms with Crippen molar-refractivity contribution in [3.63, 3.8) is 0 Å². The standard InChI is InChI=1S/C12H19FN2O/c1-3-15(6-7-16)12-5-4-11(13)8-10(12)9-14-2/h4-5,8,14,16H,3,6-7,9H2,1-2H3. The van der Waals surface area contributed by atoms with Crippen LogP contribution in [0.25, 0.3) is 0 Å². The molecule has 0 spiro atoms. The van der Waals surface area contributed by atoms with Gasteiger partial charge in [0.25, 0.3) is 0 Å². The van der Waals surface area contributed by atoms with E-state index in [4.69, 9.17) is 5.11 Å². The van der Waals surface area contributed by atoms with Crippen LogP contribution >= 0.6 is 0 Å². The fourth-order valence-corrected chi connectivity index (χ4v) is 1.76. The maximum atomic E-state index is 13.1. The molecule has 0 aliphatic heterocycles. The van der Waals surface area contributed by atoms with Crippen LogP contribution in [0.15, 0.2) is 18.2 Å². The number of hydrogen-bond donors (Lipinski definition) is 2. The summed E-state index contributed by atoms with van der Waals surface area (Å²) in [6.07, 6.45) is 0. The van der Waals surface area contributed by atoms with E-state index in [2.05, 4.69) is 5.32 Å². The van der Waals surface area contributed by atoms with Gasteiger partial charge in [0.2, 0.25) is 0 Å². The van der Waals surface area contributed by atoms with Gasteiger partial charge >= 0.3 is 0 Å². The van der Waals surface area contributed by atoms with E-state index in [1.54, 1.807) is 6.07 Å². The summed E-state index contributed by atoms with van der Waals surface area (Å²) in [5.41, 5.74) is 1.89. The van der Waals surface area contributed by atoms with Gasteiger partial charge in [-0.05, 0) is 37.7 Å². The molecule has 0 aliphatic rings. The lowest BCUT2D eigenvalue weighted by Gasteiger charge is -2.25. The molecule has 1 aromatic rings. The van der Waals surface area contributed by atoms with Gasteiger partial charge < -0.3 is 15.3 Å². The first kappa shape index (κ1) is 12.9. The molecular formula is C12H19FN2O. The molecule has 1 aromatic carbocycles. The van der Waals surface area contributed by atoms with Gasteiger partial charge in [-0.1, -0.05) is 0 Å². The zero-order chi connectivity index (χ0) is 12.0. The van der Waals surface area contributed by atoms with Gasteiger partial charge in [0.15, 0.2) is 0 Å². The molecule has 0 fully saturated rings. The first-order valence-corrected chi connectivity index (χ1v) is 5.51. The zero-order valence-electron chi connectivity index (χ0n) is 9.83. The second kappa shape index (κ2) is 6.45. The first-order chi connectivity index (χ1) is 7.72. The van der Waals surface area contributed by atoms with Crippen LogP contribution in [-0.4, -0.2) is 31.9 Å². The van der Waals surface area contributed by atoms with Crippen LogP contribution in [0.5, 0.6) is 0 Å². The number of benzene rings is 1. The number of halogens is 1. The summed E-state index contributed by atoms with van der Waals surface area (Å²) in [7, 11) is 1.83. The lowest BCUT2D eigenvalue weighted by atomic mass is 10.1. The van der Waals surface area contributed by atoms with Gasteiger partial charge in [0.1, 0.15) is 5.82 Å². The highest BCUT2D eigenvalue weighted by Gasteiger charge is 2.09. The smallest absolute Gasteiger partial charge is 0.123 e. The van der Waals surface area contributed by atoms with Gasteiger partial charge in [0.05, 0.1) is 6.61 Å². The Hall–Kier alpha value is -1.13. The lowest BCUT2D eigenvalue weighted by Crippen LogP contribution is -2.27. The van der Waals surface area contributed by atoms with Crippen molar-refractivity contribution in [3.05, 3.63) is 29.6 Å².